The molecule has 1 aromatic carbocycles. The molecule has 0 bridgehead atoms. The highest BCUT2D eigenvalue weighted by atomic mass is 19.1. The van der Waals surface area contributed by atoms with E-state index >= 15 is 0 Å². The van der Waals surface area contributed by atoms with Crippen LogP contribution in [0.3, 0.4) is 0 Å². The number of hydrogen-bond donors (Lipinski definition) is 2. The summed E-state index contributed by atoms with van der Waals surface area (Å²) in [7, 11) is 3.25. The molecular formula is C19H23FN6O3. The zero-order chi connectivity index (χ0) is 21.1. The van der Waals surface area contributed by atoms with Crippen molar-refractivity contribution < 1.29 is 18.7 Å². The van der Waals surface area contributed by atoms with Crippen molar-refractivity contribution in [1.82, 2.24) is 9.97 Å². The first kappa shape index (κ1) is 20.6. The van der Waals surface area contributed by atoms with Gasteiger partial charge in [-0.25, -0.2) is 14.4 Å². The second kappa shape index (κ2) is 8.50. The van der Waals surface area contributed by atoms with E-state index in [-0.39, 0.29) is 18.4 Å². The molecule has 2 atom stereocenters. The molecular weight excluding hydrogens is 379 g/mol. The third-order valence-electron chi connectivity index (χ3n) is 4.82. The van der Waals surface area contributed by atoms with Gasteiger partial charge in [0.15, 0.2) is 0 Å². The van der Waals surface area contributed by atoms with Gasteiger partial charge in [0.1, 0.15) is 30.5 Å². The highest BCUT2D eigenvalue weighted by Crippen LogP contribution is 2.30. The highest BCUT2D eigenvalue weighted by Gasteiger charge is 2.27. The average molecular weight is 402 g/mol. The van der Waals surface area contributed by atoms with Gasteiger partial charge in [0.25, 0.3) is 0 Å². The predicted octanol–water partition coefficient (Wildman–Crippen LogP) is 0.221. The fraction of sp³-hybridized carbons (Fsp3) is 0.368. The van der Waals surface area contributed by atoms with Crippen LogP contribution in [0.15, 0.2) is 30.7 Å². The zero-order valence-corrected chi connectivity index (χ0v) is 16.2. The van der Waals surface area contributed by atoms with E-state index in [1.54, 1.807) is 20.3 Å². The van der Waals surface area contributed by atoms with Crippen molar-refractivity contribution in [1.29, 1.82) is 0 Å². The van der Waals surface area contributed by atoms with E-state index in [0.29, 0.717) is 17.9 Å². The summed E-state index contributed by atoms with van der Waals surface area (Å²) in [4.78, 5) is 34.2. The van der Waals surface area contributed by atoms with Crippen LogP contribution >= 0.6 is 0 Å². The monoisotopic (exact) mass is 402 g/mol. The summed E-state index contributed by atoms with van der Waals surface area (Å²) in [5.41, 5.74) is 13.4. The van der Waals surface area contributed by atoms with E-state index in [0.717, 1.165) is 17.8 Å². The third-order valence-corrected chi connectivity index (χ3v) is 4.82. The zero-order valence-electron chi connectivity index (χ0n) is 16.2. The smallest absolute Gasteiger partial charge is 0.247 e. The Balaban J connectivity index is 0.000000166. The topological polar surface area (TPSA) is 128 Å². The van der Waals surface area contributed by atoms with Crippen LogP contribution < -0.4 is 26.0 Å². The summed E-state index contributed by atoms with van der Waals surface area (Å²) in [6.45, 7) is 0.113. The maximum absolute atomic E-state index is 13.0. The molecule has 9 nitrogen and oxygen atoms in total. The number of aryl methyl sites for hydroxylation is 1. The van der Waals surface area contributed by atoms with Crippen molar-refractivity contribution in [2.75, 3.05) is 30.5 Å². The van der Waals surface area contributed by atoms with Gasteiger partial charge in [0.05, 0.1) is 29.3 Å². The van der Waals surface area contributed by atoms with E-state index in [1.807, 2.05) is 0 Å². The highest BCUT2D eigenvalue weighted by molar-refractivity contribution is 5.98. The van der Waals surface area contributed by atoms with E-state index in [1.165, 1.54) is 34.3 Å². The molecule has 0 spiro atoms. The van der Waals surface area contributed by atoms with E-state index in [4.69, 9.17) is 16.2 Å². The van der Waals surface area contributed by atoms with Gasteiger partial charge in [-0.2, -0.15) is 0 Å². The minimum Gasteiger partial charge on any atom is -0.489 e. The number of halogens is 1. The van der Waals surface area contributed by atoms with E-state index < -0.39 is 17.9 Å². The Kier molecular flexibility index (Phi) is 6.04. The molecule has 4 rings (SSSR count). The number of nitrogens with zero attached hydrogens (tertiary/aromatic N) is 4. The maximum Gasteiger partial charge on any atom is 0.247 e. The van der Waals surface area contributed by atoms with Gasteiger partial charge >= 0.3 is 0 Å². The van der Waals surface area contributed by atoms with Gasteiger partial charge < -0.3 is 26.0 Å². The Morgan fingerprint density at radius 2 is 1.79 bits per heavy atom. The Morgan fingerprint density at radius 1 is 1.10 bits per heavy atom. The van der Waals surface area contributed by atoms with Crippen molar-refractivity contribution >= 4 is 23.2 Å². The number of hydrogen-bond acceptors (Lipinski definition) is 7. The molecule has 2 amide bonds. The fourth-order valence-electron chi connectivity index (χ4n) is 3.10. The molecule has 2 aromatic rings. The van der Waals surface area contributed by atoms with Crippen LogP contribution in [0.2, 0.25) is 0 Å². The molecule has 0 saturated carbocycles. The Bertz CT molecular complexity index is 925. The minimum absolute atomic E-state index is 0.0708. The van der Waals surface area contributed by atoms with Crippen molar-refractivity contribution in [3.63, 3.8) is 0 Å². The Hall–Kier alpha value is -3.11. The van der Waals surface area contributed by atoms with Crippen LogP contribution in [0.25, 0.3) is 0 Å². The molecule has 0 radical (unpaired) electrons. The average Bonchev–Trinajstić information content (AvgIpc) is 2.90. The first-order valence-electron chi connectivity index (χ1n) is 9.07. The summed E-state index contributed by atoms with van der Waals surface area (Å²) in [6.07, 6.45) is 4.52. The van der Waals surface area contributed by atoms with Crippen LogP contribution in [-0.2, 0) is 16.0 Å². The molecule has 154 valence electrons. The number of rotatable bonds is 0. The first-order chi connectivity index (χ1) is 13.8. The molecule has 4 N–H and O–H groups in total. The number of anilines is 2. The summed E-state index contributed by atoms with van der Waals surface area (Å²) in [5.74, 6) is -0.287. The van der Waals surface area contributed by atoms with Crippen molar-refractivity contribution in [3.8, 4) is 5.75 Å². The molecule has 3 heterocycles. The number of likely N-dealkylation sites (N-methyl/N-ethyl adjacent to an activating group) is 2. The molecule has 29 heavy (non-hydrogen) atoms. The molecule has 2 aliphatic heterocycles. The first-order valence-corrected chi connectivity index (χ1v) is 9.07. The minimum atomic E-state index is -0.703. The van der Waals surface area contributed by atoms with Gasteiger partial charge in [0.2, 0.25) is 11.8 Å². The third kappa shape index (κ3) is 4.33. The molecule has 10 heteroatoms. The predicted molar refractivity (Wildman–Crippen MR) is 105 cm³/mol. The standard InChI is InChI=1S/C10H11FN2O2.C9H12N4O/c1-13-8-4-6(11)2-3-9(8)15-5-7(12)10(13)14;1-13-8-4-11-5-12-7(8)3-2-6(10)9(13)14/h2-4,7H,5,12H2,1H3;4-6H,2-3,10H2,1H3/t7-;6-/m00/s1. The summed E-state index contributed by atoms with van der Waals surface area (Å²) < 4.78 is 18.3. The van der Waals surface area contributed by atoms with Crippen molar-refractivity contribution in [2.45, 2.75) is 24.9 Å². The number of amides is 2. The Labute approximate surface area is 167 Å². The van der Waals surface area contributed by atoms with Crippen molar-refractivity contribution in [3.05, 3.63) is 42.2 Å². The normalized spacial score (nSPS) is 21.1. The fourth-order valence-corrected chi connectivity index (χ4v) is 3.10. The lowest BCUT2D eigenvalue weighted by Crippen LogP contribution is -2.43. The number of ether oxygens (including phenoxy) is 1. The van der Waals surface area contributed by atoms with Crippen LogP contribution in [0, 0.1) is 5.82 Å². The lowest BCUT2D eigenvalue weighted by molar-refractivity contribution is -0.120. The molecule has 2 aliphatic rings. The largest absolute Gasteiger partial charge is 0.489 e. The van der Waals surface area contributed by atoms with Crippen molar-refractivity contribution in [2.24, 2.45) is 11.5 Å². The molecule has 1 aromatic heterocycles. The van der Waals surface area contributed by atoms with Gasteiger partial charge in [-0.05, 0) is 25.0 Å². The second-order valence-corrected chi connectivity index (χ2v) is 6.82. The number of carbonyl (C=O) groups is 2. The lowest BCUT2D eigenvalue weighted by Gasteiger charge is -2.17. The van der Waals surface area contributed by atoms with Crippen LogP contribution in [0.1, 0.15) is 12.1 Å². The SMILES string of the molecule is CN1C(=O)[C@@H](N)CCc2ncncc21.CN1C(=O)[C@@H](N)COc2ccc(F)cc21. The number of benzene rings is 1. The Morgan fingerprint density at radius 3 is 2.55 bits per heavy atom. The molecule has 0 unspecified atom stereocenters. The van der Waals surface area contributed by atoms with Crippen LogP contribution in [0.4, 0.5) is 15.8 Å². The van der Waals surface area contributed by atoms with Gasteiger partial charge in [-0.15, -0.1) is 0 Å². The number of nitrogens with two attached hydrogens (primary N) is 2. The van der Waals surface area contributed by atoms with E-state index in [9.17, 15) is 14.0 Å². The molecule has 0 fully saturated rings. The van der Waals surface area contributed by atoms with Gasteiger partial charge in [-0.1, -0.05) is 0 Å². The maximum atomic E-state index is 13.0. The number of carbonyl (C=O) groups excluding carboxylic acids is 2. The quantitative estimate of drug-likeness (QED) is 0.645. The lowest BCUT2D eigenvalue weighted by atomic mass is 10.1. The molecule has 0 aliphatic carbocycles. The molecule has 0 saturated heterocycles. The van der Waals surface area contributed by atoms with Gasteiger partial charge in [-0.3, -0.25) is 9.59 Å². The van der Waals surface area contributed by atoms with Gasteiger partial charge in [0, 0.05) is 20.2 Å². The van der Waals surface area contributed by atoms with E-state index in [2.05, 4.69) is 9.97 Å². The van der Waals surface area contributed by atoms with Crippen LogP contribution in [-0.4, -0.2) is 54.6 Å². The summed E-state index contributed by atoms with van der Waals surface area (Å²) in [6, 6.07) is 2.91. The number of fused-ring (bicyclic) bond motifs is 2. The summed E-state index contributed by atoms with van der Waals surface area (Å²) in [5, 5.41) is 0. The number of aromatic nitrogens is 2. The summed E-state index contributed by atoms with van der Waals surface area (Å²) >= 11 is 0. The van der Waals surface area contributed by atoms with Crippen LogP contribution in [0.5, 0.6) is 5.75 Å². The second-order valence-electron chi connectivity index (χ2n) is 6.82.